The quantitative estimate of drug-likeness (QED) is 0.348. The van der Waals surface area contributed by atoms with E-state index >= 15 is 0 Å². The molecule has 0 aliphatic carbocycles. The van der Waals surface area contributed by atoms with Gasteiger partial charge in [0.15, 0.2) is 0 Å². The van der Waals surface area contributed by atoms with E-state index in [2.05, 4.69) is 5.32 Å². The number of hydrogen-bond acceptors (Lipinski definition) is 5. The van der Waals surface area contributed by atoms with E-state index in [-0.39, 0.29) is 19.8 Å². The molecule has 0 aliphatic heterocycles. The topological polar surface area (TPSA) is 110 Å². The molecule has 96 valence electrons. The zero-order valence-corrected chi connectivity index (χ0v) is 9.52. The molecule has 0 saturated heterocycles. The summed E-state index contributed by atoms with van der Waals surface area (Å²) in [7, 11) is 0. The van der Waals surface area contributed by atoms with E-state index in [1.54, 1.807) is 0 Å². The first-order chi connectivity index (χ1) is 7.51. The maximum atomic E-state index is 10.7. The molecule has 0 aromatic carbocycles. The van der Waals surface area contributed by atoms with Gasteiger partial charge in [0, 0.05) is 25.4 Å². The Labute approximate surface area is 94.9 Å². The molecule has 5 N–H and O–H groups in total. The number of rotatable bonds is 9. The Morgan fingerprint density at radius 1 is 1.12 bits per heavy atom. The van der Waals surface area contributed by atoms with Crippen LogP contribution in [0.4, 0.5) is 0 Å². The van der Waals surface area contributed by atoms with Crippen LogP contribution < -0.4 is 5.32 Å². The molecule has 0 spiro atoms. The molecule has 0 heterocycles. The lowest BCUT2D eigenvalue weighted by molar-refractivity contribution is -0.139. The highest BCUT2D eigenvalue weighted by molar-refractivity contribution is 5.72. The maximum Gasteiger partial charge on any atom is 0.320 e. The van der Waals surface area contributed by atoms with Crippen LogP contribution in [0.3, 0.4) is 0 Å². The van der Waals surface area contributed by atoms with Crippen molar-refractivity contribution in [3.63, 3.8) is 0 Å². The first-order valence-electron chi connectivity index (χ1n) is 5.34. The summed E-state index contributed by atoms with van der Waals surface area (Å²) >= 11 is 0. The van der Waals surface area contributed by atoms with Crippen LogP contribution >= 0.6 is 0 Å². The van der Waals surface area contributed by atoms with Gasteiger partial charge in [0.2, 0.25) is 0 Å². The lowest BCUT2D eigenvalue weighted by atomic mass is 9.87. The molecule has 0 aromatic heterocycles. The number of carboxylic acids is 1. The highest BCUT2D eigenvalue weighted by Crippen LogP contribution is 2.20. The third-order valence-corrected chi connectivity index (χ3v) is 2.66. The average Bonchev–Trinajstić information content (AvgIpc) is 2.18. The molecule has 6 nitrogen and oxygen atoms in total. The van der Waals surface area contributed by atoms with Gasteiger partial charge in [0.05, 0.1) is 0 Å². The summed E-state index contributed by atoms with van der Waals surface area (Å²) in [4.78, 5) is 10.7. The van der Waals surface area contributed by atoms with Crippen LogP contribution in [0.2, 0.25) is 0 Å². The van der Waals surface area contributed by atoms with Crippen molar-refractivity contribution in [3.8, 4) is 0 Å². The van der Waals surface area contributed by atoms with E-state index in [0.717, 1.165) is 0 Å². The van der Waals surface area contributed by atoms with Crippen molar-refractivity contribution < 1.29 is 25.2 Å². The molecule has 0 bridgehead atoms. The van der Waals surface area contributed by atoms with Crippen LogP contribution in [0.5, 0.6) is 0 Å². The lowest BCUT2D eigenvalue weighted by Crippen LogP contribution is -2.53. The van der Waals surface area contributed by atoms with Crippen LogP contribution in [0.15, 0.2) is 0 Å². The van der Waals surface area contributed by atoms with E-state index in [1.165, 1.54) is 6.92 Å². The summed E-state index contributed by atoms with van der Waals surface area (Å²) in [6, 6.07) is -0.787. The van der Waals surface area contributed by atoms with Crippen molar-refractivity contribution in [1.82, 2.24) is 5.32 Å². The minimum Gasteiger partial charge on any atom is -0.480 e. The fourth-order valence-corrected chi connectivity index (χ4v) is 1.75. The van der Waals surface area contributed by atoms with Crippen molar-refractivity contribution >= 4 is 5.97 Å². The first kappa shape index (κ1) is 15.3. The van der Waals surface area contributed by atoms with E-state index in [1.807, 2.05) is 0 Å². The standard InChI is InChI=1S/C10H21NO5/c1-8(9(15)16)11-10(2-5-12,3-6-13)4-7-14/h8,11-14H,2-7H2,1H3,(H,15,16)/t8-/m0/s1. The molecule has 16 heavy (non-hydrogen) atoms. The van der Waals surface area contributed by atoms with Crippen molar-refractivity contribution in [2.75, 3.05) is 19.8 Å². The Balaban J connectivity index is 4.64. The van der Waals surface area contributed by atoms with Crippen LogP contribution in [-0.4, -0.2) is 57.8 Å². The second kappa shape index (κ2) is 7.56. The molecule has 0 amide bonds. The van der Waals surface area contributed by atoms with E-state index in [9.17, 15) is 4.79 Å². The van der Waals surface area contributed by atoms with Gasteiger partial charge < -0.3 is 20.4 Å². The third kappa shape index (κ3) is 4.89. The molecule has 0 fully saturated rings. The number of carboxylic acid groups (broad SMARTS) is 1. The summed E-state index contributed by atoms with van der Waals surface area (Å²) in [5, 5.41) is 38.5. The predicted octanol–water partition coefficient (Wildman–Crippen LogP) is -1.06. The first-order valence-corrected chi connectivity index (χ1v) is 5.34. The number of nitrogens with one attached hydrogen (secondary N) is 1. The molecule has 0 aliphatic rings. The van der Waals surface area contributed by atoms with Gasteiger partial charge in [-0.05, 0) is 26.2 Å². The summed E-state index contributed by atoms with van der Waals surface area (Å²) in [5.41, 5.74) is -0.726. The van der Waals surface area contributed by atoms with Gasteiger partial charge in [-0.1, -0.05) is 0 Å². The molecule has 0 saturated carbocycles. The van der Waals surface area contributed by atoms with E-state index in [4.69, 9.17) is 20.4 Å². The molecule has 1 atom stereocenters. The largest absolute Gasteiger partial charge is 0.480 e. The lowest BCUT2D eigenvalue weighted by Gasteiger charge is -2.35. The number of aliphatic hydroxyl groups excluding tert-OH is 3. The fourth-order valence-electron chi connectivity index (χ4n) is 1.75. The Kier molecular flexibility index (Phi) is 7.24. The number of aliphatic carboxylic acids is 1. The monoisotopic (exact) mass is 235 g/mol. The molecule has 6 heteroatoms. The normalized spacial score (nSPS) is 13.8. The summed E-state index contributed by atoms with van der Waals surface area (Å²) in [5.74, 6) is -1.00. The van der Waals surface area contributed by atoms with Gasteiger partial charge in [-0.25, -0.2) is 0 Å². The van der Waals surface area contributed by atoms with Crippen molar-refractivity contribution in [1.29, 1.82) is 0 Å². The molecular formula is C10H21NO5. The van der Waals surface area contributed by atoms with Gasteiger partial charge in [-0.2, -0.15) is 0 Å². The zero-order chi connectivity index (χ0) is 12.6. The number of hydrogen-bond donors (Lipinski definition) is 5. The number of aliphatic hydroxyl groups is 3. The smallest absolute Gasteiger partial charge is 0.320 e. The molecular weight excluding hydrogens is 214 g/mol. The molecule has 0 unspecified atom stereocenters. The molecule has 0 aromatic rings. The van der Waals surface area contributed by atoms with Gasteiger partial charge in [-0.3, -0.25) is 10.1 Å². The van der Waals surface area contributed by atoms with Gasteiger partial charge >= 0.3 is 5.97 Å². The Morgan fingerprint density at radius 2 is 1.50 bits per heavy atom. The summed E-state index contributed by atoms with van der Waals surface area (Å²) in [6.07, 6.45) is 0.892. The van der Waals surface area contributed by atoms with E-state index in [0.29, 0.717) is 19.3 Å². The number of carbonyl (C=O) groups is 1. The minimum atomic E-state index is -1.00. The average molecular weight is 235 g/mol. The summed E-state index contributed by atoms with van der Waals surface area (Å²) in [6.45, 7) is 1.11. The Hall–Kier alpha value is -0.690. The zero-order valence-electron chi connectivity index (χ0n) is 9.52. The Morgan fingerprint density at radius 3 is 1.75 bits per heavy atom. The highest BCUT2D eigenvalue weighted by Gasteiger charge is 2.31. The SMILES string of the molecule is C[C@H](NC(CCO)(CCO)CCO)C(=O)O. The van der Waals surface area contributed by atoms with Crippen molar-refractivity contribution in [2.24, 2.45) is 0 Å². The Bertz CT molecular complexity index is 192. The molecule has 0 radical (unpaired) electrons. The summed E-state index contributed by atoms with van der Waals surface area (Å²) < 4.78 is 0. The van der Waals surface area contributed by atoms with Crippen LogP contribution in [0.25, 0.3) is 0 Å². The van der Waals surface area contributed by atoms with Gasteiger partial charge in [-0.15, -0.1) is 0 Å². The van der Waals surface area contributed by atoms with Crippen LogP contribution in [0, 0.1) is 0 Å². The highest BCUT2D eigenvalue weighted by atomic mass is 16.4. The van der Waals surface area contributed by atoms with Crippen LogP contribution in [0.1, 0.15) is 26.2 Å². The van der Waals surface area contributed by atoms with Crippen molar-refractivity contribution in [2.45, 2.75) is 37.8 Å². The van der Waals surface area contributed by atoms with Crippen LogP contribution in [-0.2, 0) is 4.79 Å². The predicted molar refractivity (Wildman–Crippen MR) is 58.1 cm³/mol. The minimum absolute atomic E-state index is 0.126. The molecule has 0 rings (SSSR count). The fraction of sp³-hybridized carbons (Fsp3) is 0.900. The maximum absolute atomic E-state index is 10.7. The third-order valence-electron chi connectivity index (χ3n) is 2.66. The second-order valence-corrected chi connectivity index (χ2v) is 3.91. The van der Waals surface area contributed by atoms with E-state index < -0.39 is 17.6 Å². The van der Waals surface area contributed by atoms with Gasteiger partial charge in [0.25, 0.3) is 0 Å². The van der Waals surface area contributed by atoms with Gasteiger partial charge in [0.1, 0.15) is 6.04 Å². The second-order valence-electron chi connectivity index (χ2n) is 3.91. The van der Waals surface area contributed by atoms with Crippen molar-refractivity contribution in [3.05, 3.63) is 0 Å².